The molecule has 0 amide bonds. The molecule has 0 saturated heterocycles. The third-order valence-corrected chi connectivity index (χ3v) is 1.93. The maximum Gasteiger partial charge on any atom is 0.451 e. The minimum atomic E-state index is -1.19. The van der Waals surface area contributed by atoms with Crippen LogP contribution in [0.2, 0.25) is 6.32 Å². The Labute approximate surface area is 73.0 Å². The Balaban J connectivity index is 2.57. The second-order valence-corrected chi connectivity index (χ2v) is 2.95. The SMILES string of the molecule is Cc1ccccc1CCB(O)O. The molecule has 0 heterocycles. The van der Waals surface area contributed by atoms with Crippen molar-refractivity contribution in [3.8, 4) is 0 Å². The number of rotatable bonds is 3. The largest absolute Gasteiger partial charge is 0.451 e. The normalized spacial score (nSPS) is 9.92. The van der Waals surface area contributed by atoms with Gasteiger partial charge in [0, 0.05) is 0 Å². The van der Waals surface area contributed by atoms with Crippen LogP contribution < -0.4 is 0 Å². The first-order chi connectivity index (χ1) is 5.70. The van der Waals surface area contributed by atoms with E-state index in [1.54, 1.807) is 0 Å². The molecule has 0 fully saturated rings. The maximum absolute atomic E-state index is 8.66. The Morgan fingerprint density at radius 2 is 1.92 bits per heavy atom. The van der Waals surface area contributed by atoms with Crippen LogP contribution in [0.1, 0.15) is 11.1 Å². The Morgan fingerprint density at radius 3 is 2.50 bits per heavy atom. The van der Waals surface area contributed by atoms with Crippen LogP contribution in [0.15, 0.2) is 24.3 Å². The van der Waals surface area contributed by atoms with Gasteiger partial charge in [0.25, 0.3) is 0 Å². The van der Waals surface area contributed by atoms with Crippen LogP contribution >= 0.6 is 0 Å². The van der Waals surface area contributed by atoms with Crippen LogP contribution in [0.4, 0.5) is 0 Å². The van der Waals surface area contributed by atoms with E-state index in [-0.39, 0.29) is 0 Å². The molecule has 1 aromatic rings. The van der Waals surface area contributed by atoms with Gasteiger partial charge in [-0.05, 0) is 30.8 Å². The molecule has 0 aliphatic heterocycles. The smallest absolute Gasteiger partial charge is 0.427 e. The summed E-state index contributed by atoms with van der Waals surface area (Å²) in [6, 6.07) is 7.98. The highest BCUT2D eigenvalue weighted by atomic mass is 16.4. The fourth-order valence-electron chi connectivity index (χ4n) is 1.18. The monoisotopic (exact) mass is 164 g/mol. The lowest BCUT2D eigenvalue weighted by Gasteiger charge is -2.03. The summed E-state index contributed by atoms with van der Waals surface area (Å²) in [6.45, 7) is 2.03. The van der Waals surface area contributed by atoms with E-state index in [9.17, 15) is 0 Å². The standard InChI is InChI=1S/C9H13BO2/c1-8-4-2-3-5-9(8)6-7-10(11)12/h2-5,11-12H,6-7H2,1H3. The second-order valence-electron chi connectivity index (χ2n) is 2.95. The van der Waals surface area contributed by atoms with Gasteiger partial charge in [-0.2, -0.15) is 0 Å². The Morgan fingerprint density at radius 1 is 1.25 bits per heavy atom. The molecular formula is C9H13BO2. The molecule has 0 unspecified atom stereocenters. The van der Waals surface area contributed by atoms with Gasteiger partial charge in [-0.3, -0.25) is 0 Å². The highest BCUT2D eigenvalue weighted by Crippen LogP contribution is 2.09. The van der Waals surface area contributed by atoms with Crippen molar-refractivity contribution in [1.82, 2.24) is 0 Å². The summed E-state index contributed by atoms with van der Waals surface area (Å²) < 4.78 is 0. The molecule has 1 rings (SSSR count). The molecule has 2 N–H and O–H groups in total. The number of hydrogen-bond acceptors (Lipinski definition) is 2. The number of hydrogen-bond donors (Lipinski definition) is 2. The van der Waals surface area contributed by atoms with E-state index in [1.165, 1.54) is 11.1 Å². The fraction of sp³-hybridized carbons (Fsp3) is 0.333. The first kappa shape index (κ1) is 9.29. The third kappa shape index (κ3) is 2.68. The molecular weight excluding hydrogens is 151 g/mol. The van der Waals surface area contributed by atoms with Crippen molar-refractivity contribution in [2.24, 2.45) is 0 Å². The summed E-state index contributed by atoms with van der Waals surface area (Å²) >= 11 is 0. The van der Waals surface area contributed by atoms with Crippen molar-refractivity contribution in [3.63, 3.8) is 0 Å². The van der Waals surface area contributed by atoms with Crippen molar-refractivity contribution in [2.45, 2.75) is 19.7 Å². The summed E-state index contributed by atoms with van der Waals surface area (Å²) in [5.41, 5.74) is 2.39. The fourth-order valence-corrected chi connectivity index (χ4v) is 1.18. The Hall–Kier alpha value is -0.795. The Kier molecular flexibility index (Phi) is 3.32. The summed E-state index contributed by atoms with van der Waals surface area (Å²) in [6.07, 6.45) is 1.13. The van der Waals surface area contributed by atoms with Gasteiger partial charge in [0.15, 0.2) is 0 Å². The van der Waals surface area contributed by atoms with Gasteiger partial charge in [-0.1, -0.05) is 24.3 Å². The molecule has 0 aromatic heterocycles. The van der Waals surface area contributed by atoms with Crippen LogP contribution in [-0.4, -0.2) is 17.2 Å². The minimum absolute atomic E-state index is 0.408. The predicted molar refractivity (Wildman–Crippen MR) is 49.9 cm³/mol. The molecule has 0 spiro atoms. The average molecular weight is 164 g/mol. The molecule has 2 nitrogen and oxygen atoms in total. The van der Waals surface area contributed by atoms with Gasteiger partial charge >= 0.3 is 7.12 Å². The van der Waals surface area contributed by atoms with Crippen LogP contribution in [0, 0.1) is 6.92 Å². The third-order valence-electron chi connectivity index (χ3n) is 1.93. The first-order valence-corrected chi connectivity index (χ1v) is 4.11. The van der Waals surface area contributed by atoms with E-state index in [1.807, 2.05) is 31.2 Å². The second kappa shape index (κ2) is 4.29. The molecule has 0 aliphatic carbocycles. The van der Waals surface area contributed by atoms with E-state index in [4.69, 9.17) is 10.0 Å². The lowest BCUT2D eigenvalue weighted by atomic mass is 9.82. The van der Waals surface area contributed by atoms with Gasteiger partial charge in [-0.15, -0.1) is 0 Å². The zero-order valence-corrected chi connectivity index (χ0v) is 7.20. The molecule has 0 bridgehead atoms. The molecule has 0 radical (unpaired) electrons. The van der Waals surface area contributed by atoms with Crippen LogP contribution in [0.3, 0.4) is 0 Å². The van der Waals surface area contributed by atoms with E-state index < -0.39 is 7.12 Å². The summed E-state index contributed by atoms with van der Waals surface area (Å²) in [7, 11) is -1.19. The molecule has 0 atom stereocenters. The quantitative estimate of drug-likeness (QED) is 0.654. The maximum atomic E-state index is 8.66. The first-order valence-electron chi connectivity index (χ1n) is 4.11. The van der Waals surface area contributed by atoms with Crippen molar-refractivity contribution in [1.29, 1.82) is 0 Å². The summed E-state index contributed by atoms with van der Waals surface area (Å²) in [5, 5.41) is 17.3. The molecule has 0 aliphatic rings. The lowest BCUT2D eigenvalue weighted by molar-refractivity contribution is 0.405. The molecule has 3 heteroatoms. The van der Waals surface area contributed by atoms with Crippen LogP contribution in [0.5, 0.6) is 0 Å². The topological polar surface area (TPSA) is 40.5 Å². The van der Waals surface area contributed by atoms with Crippen molar-refractivity contribution < 1.29 is 10.0 Å². The van der Waals surface area contributed by atoms with Crippen molar-refractivity contribution in [2.75, 3.05) is 0 Å². The summed E-state index contributed by atoms with van der Waals surface area (Å²) in [4.78, 5) is 0. The van der Waals surface area contributed by atoms with E-state index in [0.29, 0.717) is 6.32 Å². The zero-order chi connectivity index (χ0) is 8.97. The predicted octanol–water partition coefficient (Wildman–Crippen LogP) is 1.01. The minimum Gasteiger partial charge on any atom is -0.427 e. The van der Waals surface area contributed by atoms with Crippen molar-refractivity contribution in [3.05, 3.63) is 35.4 Å². The van der Waals surface area contributed by atoms with E-state index in [2.05, 4.69) is 0 Å². The van der Waals surface area contributed by atoms with Crippen LogP contribution in [-0.2, 0) is 6.42 Å². The number of benzene rings is 1. The van der Waals surface area contributed by atoms with Gasteiger partial charge in [0.1, 0.15) is 0 Å². The molecule has 0 saturated carbocycles. The van der Waals surface area contributed by atoms with E-state index >= 15 is 0 Å². The van der Waals surface area contributed by atoms with E-state index in [0.717, 1.165) is 6.42 Å². The van der Waals surface area contributed by atoms with Gasteiger partial charge < -0.3 is 10.0 Å². The summed E-state index contributed by atoms with van der Waals surface area (Å²) in [5.74, 6) is 0. The average Bonchev–Trinajstić information content (AvgIpc) is 2.03. The highest BCUT2D eigenvalue weighted by molar-refractivity contribution is 6.40. The molecule has 64 valence electrons. The van der Waals surface area contributed by atoms with Crippen molar-refractivity contribution >= 4 is 7.12 Å². The van der Waals surface area contributed by atoms with Crippen LogP contribution in [0.25, 0.3) is 0 Å². The van der Waals surface area contributed by atoms with Gasteiger partial charge in [0.05, 0.1) is 0 Å². The lowest BCUT2D eigenvalue weighted by Crippen LogP contribution is -2.11. The molecule has 12 heavy (non-hydrogen) atoms. The highest BCUT2D eigenvalue weighted by Gasteiger charge is 2.06. The van der Waals surface area contributed by atoms with Gasteiger partial charge in [0.2, 0.25) is 0 Å². The molecule has 1 aromatic carbocycles. The Bertz CT molecular complexity index is 248. The zero-order valence-electron chi connectivity index (χ0n) is 7.20. The number of aryl methyl sites for hydroxylation is 2. The van der Waals surface area contributed by atoms with Gasteiger partial charge in [-0.25, -0.2) is 0 Å².